The van der Waals surface area contributed by atoms with Gasteiger partial charge in [-0.15, -0.1) is 0 Å². The lowest BCUT2D eigenvalue weighted by Crippen LogP contribution is -2.20. The highest BCUT2D eigenvalue weighted by Gasteiger charge is 2.10. The first-order chi connectivity index (χ1) is 12.2. The number of benzene rings is 2. The van der Waals surface area contributed by atoms with Gasteiger partial charge in [0, 0.05) is 11.9 Å². The molecule has 2 N–H and O–H groups in total. The number of anilines is 2. The Morgan fingerprint density at radius 1 is 0.960 bits per heavy atom. The largest absolute Gasteiger partial charge is 0.485 e. The van der Waals surface area contributed by atoms with Crippen LogP contribution >= 0.6 is 0 Å². The molecule has 5 heteroatoms. The summed E-state index contributed by atoms with van der Waals surface area (Å²) in [6.07, 6.45) is 1.61. The molecule has 0 saturated carbocycles. The van der Waals surface area contributed by atoms with Crippen molar-refractivity contribution in [3.8, 4) is 5.75 Å². The summed E-state index contributed by atoms with van der Waals surface area (Å²) in [5.74, 6) is 0.901. The Morgan fingerprint density at radius 3 is 2.52 bits per heavy atom. The van der Waals surface area contributed by atoms with Gasteiger partial charge in [0.05, 0.1) is 0 Å². The molecule has 126 valence electrons. The van der Waals surface area contributed by atoms with E-state index >= 15 is 0 Å². The summed E-state index contributed by atoms with van der Waals surface area (Å²) in [7, 11) is 0. The zero-order valence-corrected chi connectivity index (χ0v) is 13.9. The van der Waals surface area contributed by atoms with Crippen LogP contribution in [0.15, 0.2) is 72.9 Å². The van der Waals surface area contributed by atoms with Crippen LogP contribution in [0.4, 0.5) is 16.3 Å². The summed E-state index contributed by atoms with van der Waals surface area (Å²) in [5.41, 5.74) is 2.95. The smallest absolute Gasteiger partial charge is 0.324 e. The predicted octanol–water partition coefficient (Wildman–Crippen LogP) is 4.61. The van der Waals surface area contributed by atoms with Crippen LogP contribution in [0.2, 0.25) is 0 Å². The minimum atomic E-state index is -0.370. The Kier molecular flexibility index (Phi) is 5.26. The van der Waals surface area contributed by atoms with Gasteiger partial charge in [0.15, 0.2) is 11.6 Å². The molecular formula is C20H19N3O2. The molecule has 0 radical (unpaired) electrons. The van der Waals surface area contributed by atoms with E-state index in [0.717, 1.165) is 11.1 Å². The summed E-state index contributed by atoms with van der Waals surface area (Å²) >= 11 is 0. The fraction of sp³-hybridized carbons (Fsp3) is 0.100. The minimum Gasteiger partial charge on any atom is -0.485 e. The number of amides is 2. The summed E-state index contributed by atoms with van der Waals surface area (Å²) in [5, 5.41) is 5.48. The molecule has 2 aromatic carbocycles. The zero-order chi connectivity index (χ0) is 17.5. The second kappa shape index (κ2) is 7.97. The summed E-state index contributed by atoms with van der Waals surface area (Å²) in [4.78, 5) is 16.3. The van der Waals surface area contributed by atoms with Gasteiger partial charge in [0.2, 0.25) is 0 Å². The highest BCUT2D eigenvalue weighted by Crippen LogP contribution is 2.23. The van der Waals surface area contributed by atoms with Gasteiger partial charge in [0.25, 0.3) is 0 Å². The van der Waals surface area contributed by atoms with Crippen molar-refractivity contribution in [2.45, 2.75) is 13.5 Å². The van der Waals surface area contributed by atoms with Crippen LogP contribution < -0.4 is 15.4 Å². The third-order valence-electron chi connectivity index (χ3n) is 3.68. The number of urea groups is 1. The summed E-state index contributed by atoms with van der Waals surface area (Å²) < 4.78 is 5.85. The number of carbonyl (C=O) groups excluding carboxylic acids is 1. The molecule has 3 rings (SSSR count). The molecule has 0 spiro atoms. The van der Waals surface area contributed by atoms with Crippen LogP contribution in [0.3, 0.4) is 0 Å². The first-order valence-corrected chi connectivity index (χ1v) is 7.98. The predicted molar refractivity (Wildman–Crippen MR) is 98.8 cm³/mol. The average molecular weight is 333 g/mol. The molecule has 2 amide bonds. The van der Waals surface area contributed by atoms with E-state index in [4.69, 9.17) is 4.74 Å². The number of aromatic nitrogens is 1. The van der Waals surface area contributed by atoms with Crippen LogP contribution in [0.25, 0.3) is 0 Å². The Hall–Kier alpha value is -3.34. The fourth-order valence-electron chi connectivity index (χ4n) is 2.32. The number of nitrogens with one attached hydrogen (secondary N) is 2. The van der Waals surface area contributed by atoms with Crippen LogP contribution in [0.5, 0.6) is 5.75 Å². The van der Waals surface area contributed by atoms with Gasteiger partial charge in [-0.25, -0.2) is 9.78 Å². The molecule has 25 heavy (non-hydrogen) atoms. The van der Waals surface area contributed by atoms with Gasteiger partial charge in [-0.1, -0.05) is 42.5 Å². The standard InChI is InChI=1S/C20H19N3O2/c1-15-8-5-6-9-16(15)14-25-18-12-7-13-21-19(18)23-20(24)22-17-10-3-2-4-11-17/h2-13H,14H2,1H3,(H2,21,22,23,24). The summed E-state index contributed by atoms with van der Waals surface area (Å²) in [6, 6.07) is 20.4. The average Bonchev–Trinajstić information content (AvgIpc) is 2.63. The van der Waals surface area contributed by atoms with Gasteiger partial charge in [-0.2, -0.15) is 0 Å². The van der Waals surface area contributed by atoms with Crippen LogP contribution in [0.1, 0.15) is 11.1 Å². The van der Waals surface area contributed by atoms with Crippen molar-refractivity contribution < 1.29 is 9.53 Å². The van der Waals surface area contributed by atoms with Crippen molar-refractivity contribution in [1.29, 1.82) is 0 Å². The maximum Gasteiger partial charge on any atom is 0.324 e. The molecule has 0 atom stereocenters. The molecule has 0 bridgehead atoms. The van der Waals surface area contributed by atoms with Crippen LogP contribution in [-0.2, 0) is 6.61 Å². The topological polar surface area (TPSA) is 63.2 Å². The van der Waals surface area contributed by atoms with E-state index in [2.05, 4.69) is 15.6 Å². The molecule has 0 saturated heterocycles. The van der Waals surface area contributed by atoms with E-state index in [9.17, 15) is 4.79 Å². The number of hydrogen-bond acceptors (Lipinski definition) is 3. The van der Waals surface area contributed by atoms with Crippen molar-refractivity contribution >= 4 is 17.5 Å². The van der Waals surface area contributed by atoms with E-state index in [0.29, 0.717) is 23.9 Å². The van der Waals surface area contributed by atoms with E-state index in [1.54, 1.807) is 18.3 Å². The molecule has 0 aliphatic heterocycles. The van der Waals surface area contributed by atoms with Crippen molar-refractivity contribution in [3.05, 3.63) is 84.1 Å². The van der Waals surface area contributed by atoms with Crippen molar-refractivity contribution in [2.75, 3.05) is 10.6 Å². The van der Waals surface area contributed by atoms with Crippen LogP contribution in [-0.4, -0.2) is 11.0 Å². The number of ether oxygens (including phenoxy) is 1. The summed E-state index contributed by atoms with van der Waals surface area (Å²) in [6.45, 7) is 2.45. The van der Waals surface area contributed by atoms with Crippen molar-refractivity contribution in [3.63, 3.8) is 0 Å². The third-order valence-corrected chi connectivity index (χ3v) is 3.68. The lowest BCUT2D eigenvalue weighted by atomic mass is 10.1. The Morgan fingerprint density at radius 2 is 1.72 bits per heavy atom. The number of pyridine rings is 1. The number of nitrogens with zero attached hydrogens (tertiary/aromatic N) is 1. The number of aryl methyl sites for hydroxylation is 1. The molecule has 1 heterocycles. The molecule has 1 aromatic heterocycles. The molecule has 0 aliphatic rings. The van der Waals surface area contributed by atoms with Gasteiger partial charge in [-0.05, 0) is 42.3 Å². The maximum atomic E-state index is 12.1. The van der Waals surface area contributed by atoms with Gasteiger partial charge < -0.3 is 10.1 Å². The zero-order valence-electron chi connectivity index (χ0n) is 13.9. The molecule has 3 aromatic rings. The second-order valence-electron chi connectivity index (χ2n) is 5.51. The van der Waals surface area contributed by atoms with E-state index in [1.165, 1.54) is 0 Å². The number of rotatable bonds is 5. The monoisotopic (exact) mass is 333 g/mol. The lowest BCUT2D eigenvalue weighted by Gasteiger charge is -2.13. The normalized spacial score (nSPS) is 10.1. The molecular weight excluding hydrogens is 314 g/mol. The number of hydrogen-bond donors (Lipinski definition) is 2. The molecule has 0 aliphatic carbocycles. The highest BCUT2D eigenvalue weighted by atomic mass is 16.5. The van der Waals surface area contributed by atoms with E-state index < -0.39 is 0 Å². The SMILES string of the molecule is Cc1ccccc1COc1cccnc1NC(=O)Nc1ccccc1. The molecule has 0 unspecified atom stereocenters. The van der Waals surface area contributed by atoms with Crippen molar-refractivity contribution in [2.24, 2.45) is 0 Å². The van der Waals surface area contributed by atoms with Crippen LogP contribution in [0, 0.1) is 6.92 Å². The maximum absolute atomic E-state index is 12.1. The Balaban J connectivity index is 1.66. The highest BCUT2D eigenvalue weighted by molar-refractivity contribution is 5.99. The first-order valence-electron chi connectivity index (χ1n) is 7.98. The molecule has 5 nitrogen and oxygen atoms in total. The van der Waals surface area contributed by atoms with Gasteiger partial charge >= 0.3 is 6.03 Å². The molecule has 0 fully saturated rings. The minimum absolute atomic E-state index is 0.370. The van der Waals surface area contributed by atoms with Gasteiger partial charge in [-0.3, -0.25) is 5.32 Å². The fourth-order valence-corrected chi connectivity index (χ4v) is 2.32. The van der Waals surface area contributed by atoms with Crippen molar-refractivity contribution in [1.82, 2.24) is 4.98 Å². The number of carbonyl (C=O) groups is 1. The second-order valence-corrected chi connectivity index (χ2v) is 5.51. The van der Waals surface area contributed by atoms with Gasteiger partial charge in [0.1, 0.15) is 6.61 Å². The number of para-hydroxylation sites is 1. The Labute approximate surface area is 146 Å². The van der Waals surface area contributed by atoms with E-state index in [-0.39, 0.29) is 6.03 Å². The lowest BCUT2D eigenvalue weighted by molar-refractivity contribution is 0.261. The first kappa shape index (κ1) is 16.5. The quantitative estimate of drug-likeness (QED) is 0.716. The third kappa shape index (κ3) is 4.57. The Bertz CT molecular complexity index is 850. The van der Waals surface area contributed by atoms with E-state index in [1.807, 2.05) is 61.5 Å².